The fraction of sp³-hybridized carbons (Fsp3) is 0.364. The standard InChI is InChI=1S/C11H10O5/c1-11(10(12)13)9(16-11)6-2-3-7-8(4-6)15-5-14-7/h2-4,9H,5H2,1H3,(H,12,13). The summed E-state index contributed by atoms with van der Waals surface area (Å²) in [7, 11) is 0. The predicted octanol–water partition coefficient (Wildman–Crippen LogP) is 1.33. The van der Waals surface area contributed by atoms with Gasteiger partial charge in [0, 0.05) is 0 Å². The summed E-state index contributed by atoms with van der Waals surface area (Å²) >= 11 is 0. The van der Waals surface area contributed by atoms with E-state index in [2.05, 4.69) is 0 Å². The van der Waals surface area contributed by atoms with Crippen LogP contribution in [0, 0.1) is 0 Å². The van der Waals surface area contributed by atoms with Crippen molar-refractivity contribution in [3.05, 3.63) is 23.8 Å². The van der Waals surface area contributed by atoms with Gasteiger partial charge in [0.1, 0.15) is 6.10 Å². The molecule has 16 heavy (non-hydrogen) atoms. The Morgan fingerprint density at radius 2 is 2.19 bits per heavy atom. The Kier molecular flexibility index (Phi) is 1.71. The van der Waals surface area contributed by atoms with Crippen molar-refractivity contribution in [3.63, 3.8) is 0 Å². The van der Waals surface area contributed by atoms with Crippen LogP contribution in [0.4, 0.5) is 0 Å². The summed E-state index contributed by atoms with van der Waals surface area (Å²) < 4.78 is 15.6. The smallest absolute Gasteiger partial charge is 0.338 e. The second-order valence-electron chi connectivity index (χ2n) is 4.02. The Bertz CT molecular complexity index is 469. The summed E-state index contributed by atoms with van der Waals surface area (Å²) in [4.78, 5) is 10.9. The molecule has 2 heterocycles. The normalized spacial score (nSPS) is 30.2. The van der Waals surface area contributed by atoms with Crippen molar-refractivity contribution in [1.29, 1.82) is 0 Å². The first kappa shape index (κ1) is 9.47. The highest BCUT2D eigenvalue weighted by Crippen LogP contribution is 2.51. The van der Waals surface area contributed by atoms with Crippen molar-refractivity contribution in [2.24, 2.45) is 0 Å². The van der Waals surface area contributed by atoms with Crippen LogP contribution >= 0.6 is 0 Å². The third-order valence-electron chi connectivity index (χ3n) is 2.93. The van der Waals surface area contributed by atoms with Crippen LogP contribution in [0.25, 0.3) is 0 Å². The van der Waals surface area contributed by atoms with Crippen molar-refractivity contribution < 1.29 is 24.1 Å². The topological polar surface area (TPSA) is 68.3 Å². The lowest BCUT2D eigenvalue weighted by Gasteiger charge is -2.01. The molecule has 0 bridgehead atoms. The lowest BCUT2D eigenvalue weighted by Crippen LogP contribution is -2.20. The number of hydrogen-bond donors (Lipinski definition) is 1. The zero-order valence-corrected chi connectivity index (χ0v) is 8.60. The summed E-state index contributed by atoms with van der Waals surface area (Å²) in [6.45, 7) is 1.77. The third-order valence-corrected chi connectivity index (χ3v) is 2.93. The summed E-state index contributed by atoms with van der Waals surface area (Å²) in [6, 6.07) is 5.33. The van der Waals surface area contributed by atoms with Gasteiger partial charge >= 0.3 is 5.97 Å². The molecule has 0 aromatic heterocycles. The SMILES string of the molecule is CC1(C(=O)O)OC1c1ccc2c(c1)OCO2. The van der Waals surface area contributed by atoms with Crippen LogP contribution in [0.2, 0.25) is 0 Å². The Hall–Kier alpha value is -1.75. The monoisotopic (exact) mass is 222 g/mol. The Morgan fingerprint density at radius 1 is 1.44 bits per heavy atom. The summed E-state index contributed by atoms with van der Waals surface area (Å²) in [5.41, 5.74) is -0.303. The van der Waals surface area contributed by atoms with Gasteiger partial charge in [0.05, 0.1) is 0 Å². The minimum absolute atomic E-state index is 0.209. The van der Waals surface area contributed by atoms with Gasteiger partial charge in [0.25, 0.3) is 0 Å². The van der Waals surface area contributed by atoms with Gasteiger partial charge in [-0.15, -0.1) is 0 Å². The van der Waals surface area contributed by atoms with Gasteiger partial charge in [-0.25, -0.2) is 4.79 Å². The van der Waals surface area contributed by atoms with Crippen molar-refractivity contribution in [3.8, 4) is 11.5 Å². The second-order valence-corrected chi connectivity index (χ2v) is 4.02. The van der Waals surface area contributed by atoms with Crippen molar-refractivity contribution in [1.82, 2.24) is 0 Å². The molecule has 2 aliphatic heterocycles. The number of carbonyl (C=O) groups is 1. The molecule has 5 nitrogen and oxygen atoms in total. The molecule has 3 rings (SSSR count). The third kappa shape index (κ3) is 1.18. The molecule has 0 aliphatic carbocycles. The van der Waals surface area contributed by atoms with E-state index in [1.165, 1.54) is 0 Å². The van der Waals surface area contributed by atoms with Crippen LogP contribution < -0.4 is 9.47 Å². The first-order chi connectivity index (χ1) is 7.61. The maximum Gasteiger partial charge on any atom is 0.338 e. The number of ether oxygens (including phenoxy) is 3. The average molecular weight is 222 g/mol. The largest absolute Gasteiger partial charge is 0.479 e. The summed E-state index contributed by atoms with van der Waals surface area (Å²) in [5.74, 6) is 0.373. The quantitative estimate of drug-likeness (QED) is 0.764. The molecule has 84 valence electrons. The lowest BCUT2D eigenvalue weighted by molar-refractivity contribution is -0.142. The molecule has 1 fully saturated rings. The molecule has 5 heteroatoms. The molecule has 2 atom stereocenters. The Labute approximate surface area is 91.5 Å². The minimum Gasteiger partial charge on any atom is -0.479 e. The number of aliphatic carboxylic acids is 1. The van der Waals surface area contributed by atoms with Crippen LogP contribution in [-0.4, -0.2) is 23.5 Å². The van der Waals surface area contributed by atoms with Gasteiger partial charge in [-0.2, -0.15) is 0 Å². The number of carboxylic acids is 1. The molecular formula is C11H10O5. The van der Waals surface area contributed by atoms with Crippen LogP contribution in [0.3, 0.4) is 0 Å². The number of hydrogen-bond acceptors (Lipinski definition) is 4. The molecule has 2 unspecified atom stereocenters. The van der Waals surface area contributed by atoms with E-state index >= 15 is 0 Å². The maximum atomic E-state index is 10.9. The van der Waals surface area contributed by atoms with Gasteiger partial charge in [-0.3, -0.25) is 0 Å². The predicted molar refractivity (Wildman–Crippen MR) is 52.4 cm³/mol. The highest BCUT2D eigenvalue weighted by Gasteiger charge is 2.60. The van der Waals surface area contributed by atoms with Gasteiger partial charge in [0.15, 0.2) is 17.1 Å². The number of benzene rings is 1. The molecule has 1 aromatic carbocycles. The fourth-order valence-corrected chi connectivity index (χ4v) is 1.84. The molecule has 0 spiro atoms. The van der Waals surface area contributed by atoms with Crippen LogP contribution in [-0.2, 0) is 9.53 Å². The number of rotatable bonds is 2. The van der Waals surface area contributed by atoms with Crippen LogP contribution in [0.5, 0.6) is 11.5 Å². The maximum absolute atomic E-state index is 10.9. The van der Waals surface area contributed by atoms with Crippen LogP contribution in [0.1, 0.15) is 18.6 Å². The Balaban J connectivity index is 1.90. The van der Waals surface area contributed by atoms with Crippen molar-refractivity contribution in [2.45, 2.75) is 18.6 Å². The van der Waals surface area contributed by atoms with E-state index in [1.54, 1.807) is 25.1 Å². The van der Waals surface area contributed by atoms with Gasteiger partial charge in [-0.1, -0.05) is 6.07 Å². The molecule has 0 saturated carbocycles. The fourth-order valence-electron chi connectivity index (χ4n) is 1.84. The zero-order valence-electron chi connectivity index (χ0n) is 8.60. The first-order valence-corrected chi connectivity index (χ1v) is 4.92. The summed E-state index contributed by atoms with van der Waals surface area (Å²) in [6.07, 6.45) is -0.403. The molecule has 2 aliphatic rings. The lowest BCUT2D eigenvalue weighted by atomic mass is 10.0. The van der Waals surface area contributed by atoms with E-state index in [9.17, 15) is 4.79 Å². The zero-order chi connectivity index (χ0) is 11.3. The van der Waals surface area contributed by atoms with Crippen molar-refractivity contribution in [2.75, 3.05) is 6.79 Å². The summed E-state index contributed by atoms with van der Waals surface area (Å²) in [5, 5.41) is 8.96. The number of fused-ring (bicyclic) bond motifs is 1. The van der Waals surface area contributed by atoms with Gasteiger partial charge < -0.3 is 19.3 Å². The van der Waals surface area contributed by atoms with E-state index in [4.69, 9.17) is 19.3 Å². The number of carboxylic acid groups (broad SMARTS) is 1. The van der Waals surface area contributed by atoms with Crippen LogP contribution in [0.15, 0.2) is 18.2 Å². The number of epoxide rings is 1. The molecule has 1 saturated heterocycles. The van der Waals surface area contributed by atoms with Gasteiger partial charge in [-0.05, 0) is 24.6 Å². The Morgan fingerprint density at radius 3 is 2.88 bits per heavy atom. The molecule has 0 radical (unpaired) electrons. The van der Waals surface area contributed by atoms with Gasteiger partial charge in [0.2, 0.25) is 6.79 Å². The molecule has 1 aromatic rings. The first-order valence-electron chi connectivity index (χ1n) is 4.92. The van der Waals surface area contributed by atoms with E-state index in [0.29, 0.717) is 11.5 Å². The minimum atomic E-state index is -1.10. The average Bonchev–Trinajstić information content (AvgIpc) is 2.75. The van der Waals surface area contributed by atoms with Crippen molar-refractivity contribution >= 4 is 5.97 Å². The van der Waals surface area contributed by atoms with E-state index in [1.807, 2.05) is 0 Å². The van der Waals surface area contributed by atoms with E-state index < -0.39 is 17.7 Å². The highest BCUT2D eigenvalue weighted by atomic mass is 16.7. The van der Waals surface area contributed by atoms with E-state index in [0.717, 1.165) is 5.56 Å². The molecule has 1 N–H and O–H groups in total. The second kappa shape index (κ2) is 2.89. The molecular weight excluding hydrogens is 212 g/mol. The highest BCUT2D eigenvalue weighted by molar-refractivity contribution is 5.81. The molecule has 0 amide bonds. The van der Waals surface area contributed by atoms with E-state index in [-0.39, 0.29) is 6.79 Å².